The maximum absolute atomic E-state index is 12.8. The number of ether oxygens (including phenoxy) is 3. The van der Waals surface area contributed by atoms with E-state index in [4.69, 9.17) is 14.2 Å². The third kappa shape index (κ3) is 4.02. The van der Waals surface area contributed by atoms with E-state index in [0.29, 0.717) is 44.0 Å². The lowest BCUT2D eigenvalue weighted by atomic mass is 9.91. The predicted molar refractivity (Wildman–Crippen MR) is 102 cm³/mol. The van der Waals surface area contributed by atoms with Crippen molar-refractivity contribution in [1.29, 1.82) is 0 Å². The van der Waals surface area contributed by atoms with Crippen LogP contribution >= 0.6 is 0 Å². The molecule has 2 aliphatic rings. The SMILES string of the molecule is COC1(c2ccc(C(=O)N3CCC(Oc4ccc(C(F)(F)F)cc4)C3)cc2)COC1. The first-order valence-electron chi connectivity index (χ1n) is 9.67. The number of likely N-dealkylation sites (tertiary alicyclic amines) is 1. The summed E-state index contributed by atoms with van der Waals surface area (Å²) in [6.07, 6.45) is -4.01. The molecule has 2 aliphatic heterocycles. The van der Waals surface area contributed by atoms with Crippen molar-refractivity contribution in [2.45, 2.75) is 24.3 Å². The summed E-state index contributed by atoms with van der Waals surface area (Å²) in [5.41, 5.74) is 0.388. The van der Waals surface area contributed by atoms with Gasteiger partial charge in [0.15, 0.2) is 0 Å². The first kappa shape index (κ1) is 20.7. The third-order valence-corrected chi connectivity index (χ3v) is 5.64. The Balaban J connectivity index is 1.35. The highest BCUT2D eigenvalue weighted by atomic mass is 19.4. The molecule has 2 aromatic carbocycles. The van der Waals surface area contributed by atoms with Gasteiger partial charge in [0, 0.05) is 25.6 Å². The second-order valence-electron chi connectivity index (χ2n) is 7.57. The largest absolute Gasteiger partial charge is 0.489 e. The van der Waals surface area contributed by atoms with Crippen LogP contribution in [0, 0.1) is 0 Å². The van der Waals surface area contributed by atoms with Gasteiger partial charge in [0.05, 0.1) is 25.3 Å². The molecule has 30 heavy (non-hydrogen) atoms. The molecule has 8 heteroatoms. The van der Waals surface area contributed by atoms with E-state index in [9.17, 15) is 18.0 Å². The highest BCUT2D eigenvalue weighted by molar-refractivity contribution is 5.94. The molecular weight excluding hydrogens is 399 g/mol. The van der Waals surface area contributed by atoms with E-state index in [1.165, 1.54) is 12.1 Å². The summed E-state index contributed by atoms with van der Waals surface area (Å²) in [4.78, 5) is 14.5. The van der Waals surface area contributed by atoms with Crippen molar-refractivity contribution in [3.63, 3.8) is 0 Å². The van der Waals surface area contributed by atoms with Gasteiger partial charge in [-0.15, -0.1) is 0 Å². The molecule has 5 nitrogen and oxygen atoms in total. The quantitative estimate of drug-likeness (QED) is 0.736. The maximum Gasteiger partial charge on any atom is 0.416 e. The van der Waals surface area contributed by atoms with E-state index < -0.39 is 17.3 Å². The molecule has 1 atom stereocenters. The molecule has 1 unspecified atom stereocenters. The molecule has 0 aromatic heterocycles. The number of carbonyl (C=O) groups is 1. The highest BCUT2D eigenvalue weighted by Crippen LogP contribution is 2.33. The Morgan fingerprint density at radius 2 is 1.77 bits per heavy atom. The van der Waals surface area contributed by atoms with Crippen LogP contribution in [0.15, 0.2) is 48.5 Å². The summed E-state index contributed by atoms with van der Waals surface area (Å²) in [7, 11) is 1.64. The van der Waals surface area contributed by atoms with Gasteiger partial charge in [-0.3, -0.25) is 4.79 Å². The fourth-order valence-corrected chi connectivity index (χ4v) is 3.71. The molecule has 0 spiro atoms. The van der Waals surface area contributed by atoms with E-state index in [2.05, 4.69) is 0 Å². The zero-order chi connectivity index (χ0) is 21.4. The Kier molecular flexibility index (Phi) is 5.46. The van der Waals surface area contributed by atoms with Gasteiger partial charge in [-0.25, -0.2) is 0 Å². The van der Waals surface area contributed by atoms with Gasteiger partial charge in [-0.2, -0.15) is 13.2 Å². The average molecular weight is 421 g/mol. The van der Waals surface area contributed by atoms with Crippen LogP contribution in [-0.4, -0.2) is 50.3 Å². The first-order chi connectivity index (χ1) is 14.3. The second kappa shape index (κ2) is 7.92. The number of halogens is 3. The van der Waals surface area contributed by atoms with Crippen LogP contribution in [0.2, 0.25) is 0 Å². The topological polar surface area (TPSA) is 48.0 Å². The Hall–Kier alpha value is -2.58. The van der Waals surface area contributed by atoms with Crippen molar-refractivity contribution < 1.29 is 32.2 Å². The van der Waals surface area contributed by atoms with Gasteiger partial charge in [0.1, 0.15) is 17.5 Å². The number of methoxy groups -OCH3 is 1. The lowest BCUT2D eigenvalue weighted by Crippen LogP contribution is -2.48. The molecule has 2 aromatic rings. The molecule has 160 valence electrons. The van der Waals surface area contributed by atoms with Crippen molar-refractivity contribution in [2.24, 2.45) is 0 Å². The van der Waals surface area contributed by atoms with Crippen molar-refractivity contribution in [2.75, 3.05) is 33.4 Å². The molecule has 2 fully saturated rings. The van der Waals surface area contributed by atoms with E-state index in [1.807, 2.05) is 12.1 Å². The van der Waals surface area contributed by atoms with Crippen LogP contribution in [0.4, 0.5) is 13.2 Å². The Bertz CT molecular complexity index is 887. The van der Waals surface area contributed by atoms with Gasteiger partial charge in [0.2, 0.25) is 0 Å². The molecule has 0 aliphatic carbocycles. The van der Waals surface area contributed by atoms with Gasteiger partial charge in [-0.05, 0) is 42.0 Å². The number of amides is 1. The van der Waals surface area contributed by atoms with E-state index in [-0.39, 0.29) is 12.0 Å². The number of carbonyl (C=O) groups excluding carboxylic acids is 1. The lowest BCUT2D eigenvalue weighted by Gasteiger charge is -2.40. The smallest absolute Gasteiger partial charge is 0.416 e. The van der Waals surface area contributed by atoms with Gasteiger partial charge in [-0.1, -0.05) is 12.1 Å². The number of hydrogen-bond acceptors (Lipinski definition) is 4. The molecule has 0 bridgehead atoms. The van der Waals surface area contributed by atoms with E-state index in [1.54, 1.807) is 24.1 Å². The maximum atomic E-state index is 12.8. The van der Waals surface area contributed by atoms with Crippen molar-refractivity contribution in [3.8, 4) is 5.75 Å². The summed E-state index contributed by atoms with van der Waals surface area (Å²) < 4.78 is 54.6. The molecular formula is C22H22F3NO4. The van der Waals surface area contributed by atoms with Gasteiger partial charge >= 0.3 is 6.18 Å². The van der Waals surface area contributed by atoms with Gasteiger partial charge < -0.3 is 19.1 Å². The number of hydrogen-bond donors (Lipinski definition) is 0. The second-order valence-corrected chi connectivity index (χ2v) is 7.57. The molecule has 2 heterocycles. The van der Waals surface area contributed by atoms with Gasteiger partial charge in [0.25, 0.3) is 5.91 Å². The zero-order valence-corrected chi connectivity index (χ0v) is 16.4. The Labute approximate surface area is 172 Å². The molecule has 0 N–H and O–H groups in total. The summed E-state index contributed by atoms with van der Waals surface area (Å²) in [5.74, 6) is 0.260. The van der Waals surface area contributed by atoms with Crippen LogP contribution in [0.25, 0.3) is 0 Å². The van der Waals surface area contributed by atoms with Crippen LogP contribution in [-0.2, 0) is 21.3 Å². The van der Waals surface area contributed by atoms with Crippen molar-refractivity contribution in [1.82, 2.24) is 4.90 Å². The Morgan fingerprint density at radius 3 is 2.30 bits per heavy atom. The number of benzene rings is 2. The molecule has 1 amide bonds. The predicted octanol–water partition coefficient (Wildman–Crippen LogP) is 3.87. The summed E-state index contributed by atoms with van der Waals surface area (Å²) in [5, 5.41) is 0. The fraction of sp³-hybridized carbons (Fsp3) is 0.409. The van der Waals surface area contributed by atoms with Crippen molar-refractivity contribution >= 4 is 5.91 Å². The third-order valence-electron chi connectivity index (χ3n) is 5.64. The monoisotopic (exact) mass is 421 g/mol. The molecule has 2 saturated heterocycles. The standard InChI is InChI=1S/C22H22F3NO4/c1-28-21(13-29-14-21)16-4-2-15(3-5-16)20(27)26-11-10-19(12-26)30-18-8-6-17(7-9-18)22(23,24)25/h2-9,19H,10-14H2,1H3. The van der Waals surface area contributed by atoms with Crippen LogP contribution < -0.4 is 4.74 Å². The molecule has 0 saturated carbocycles. The van der Waals surface area contributed by atoms with E-state index in [0.717, 1.165) is 17.7 Å². The fourth-order valence-electron chi connectivity index (χ4n) is 3.71. The summed E-state index contributed by atoms with van der Waals surface area (Å²) in [6.45, 7) is 1.90. The van der Waals surface area contributed by atoms with Crippen LogP contribution in [0.1, 0.15) is 27.9 Å². The summed E-state index contributed by atoms with van der Waals surface area (Å²) >= 11 is 0. The lowest BCUT2D eigenvalue weighted by molar-refractivity contribution is -0.202. The average Bonchev–Trinajstić information content (AvgIpc) is 3.16. The normalized spacial score (nSPS) is 20.7. The minimum atomic E-state index is -4.38. The number of nitrogens with zero attached hydrogens (tertiary/aromatic N) is 1. The highest BCUT2D eigenvalue weighted by Gasteiger charge is 2.40. The number of rotatable bonds is 5. The van der Waals surface area contributed by atoms with Crippen LogP contribution in [0.3, 0.4) is 0 Å². The van der Waals surface area contributed by atoms with E-state index >= 15 is 0 Å². The Morgan fingerprint density at radius 1 is 1.10 bits per heavy atom. The zero-order valence-electron chi connectivity index (χ0n) is 16.4. The molecule has 4 rings (SSSR count). The molecule has 0 radical (unpaired) electrons. The minimum absolute atomic E-state index is 0.101. The van der Waals surface area contributed by atoms with Crippen molar-refractivity contribution in [3.05, 3.63) is 65.2 Å². The minimum Gasteiger partial charge on any atom is -0.489 e. The number of alkyl halides is 3. The summed E-state index contributed by atoms with van der Waals surface area (Å²) in [6, 6.07) is 11.9. The first-order valence-corrected chi connectivity index (χ1v) is 9.67. The van der Waals surface area contributed by atoms with Crippen LogP contribution in [0.5, 0.6) is 5.75 Å².